The Labute approximate surface area is 176 Å². The van der Waals surface area contributed by atoms with E-state index in [2.05, 4.69) is 5.32 Å². The first kappa shape index (κ1) is 20.1. The average molecular weight is 409 g/mol. The van der Waals surface area contributed by atoms with Crippen LogP contribution in [0, 0.1) is 0 Å². The summed E-state index contributed by atoms with van der Waals surface area (Å²) in [6, 6.07) is 14.7. The first-order valence-corrected chi connectivity index (χ1v) is 10.4. The highest BCUT2D eigenvalue weighted by molar-refractivity contribution is 5.95. The van der Waals surface area contributed by atoms with Crippen molar-refractivity contribution in [1.29, 1.82) is 0 Å². The number of benzene rings is 2. The molecule has 0 radical (unpaired) electrons. The van der Waals surface area contributed by atoms with E-state index in [4.69, 9.17) is 9.47 Å². The molecule has 2 aromatic rings. The fourth-order valence-corrected chi connectivity index (χ4v) is 3.95. The average Bonchev–Trinajstić information content (AvgIpc) is 2.79. The van der Waals surface area contributed by atoms with Gasteiger partial charge in [-0.15, -0.1) is 0 Å². The van der Waals surface area contributed by atoms with Crippen LogP contribution in [0.1, 0.15) is 19.3 Å². The first-order chi connectivity index (χ1) is 14.6. The molecular formula is C23H27N3O4. The summed E-state index contributed by atoms with van der Waals surface area (Å²) in [4.78, 5) is 29.5. The minimum absolute atomic E-state index is 0.00441. The summed E-state index contributed by atoms with van der Waals surface area (Å²) in [7, 11) is 1.60. The monoisotopic (exact) mass is 409 g/mol. The molecule has 4 rings (SSSR count). The molecule has 0 aromatic heterocycles. The molecule has 2 heterocycles. The zero-order chi connectivity index (χ0) is 20.9. The number of ether oxygens (including phenoxy) is 2. The fourth-order valence-electron chi connectivity index (χ4n) is 3.95. The Morgan fingerprint density at radius 2 is 1.80 bits per heavy atom. The number of carbonyl (C=O) groups excluding carboxylic acids is 2. The molecule has 2 aliphatic rings. The van der Waals surface area contributed by atoms with Gasteiger partial charge in [0, 0.05) is 18.8 Å². The second-order valence-electron chi connectivity index (χ2n) is 7.62. The summed E-state index contributed by atoms with van der Waals surface area (Å²) in [5.74, 6) is 1.22. The molecule has 2 amide bonds. The fraction of sp³-hybridized carbons (Fsp3) is 0.391. The van der Waals surface area contributed by atoms with Crippen LogP contribution in [0.25, 0.3) is 0 Å². The highest BCUT2D eigenvalue weighted by Gasteiger charge is 2.34. The van der Waals surface area contributed by atoms with Gasteiger partial charge in [0.05, 0.1) is 25.9 Å². The normalized spacial score (nSPS) is 18.2. The number of rotatable bonds is 5. The second kappa shape index (κ2) is 9.07. The molecule has 0 saturated carbocycles. The molecule has 7 nitrogen and oxygen atoms in total. The Balaban J connectivity index is 1.46. The molecule has 0 unspecified atom stereocenters. The Morgan fingerprint density at radius 3 is 2.53 bits per heavy atom. The van der Waals surface area contributed by atoms with Crippen molar-refractivity contribution in [1.82, 2.24) is 4.90 Å². The van der Waals surface area contributed by atoms with E-state index >= 15 is 0 Å². The number of amides is 2. The van der Waals surface area contributed by atoms with Crippen molar-refractivity contribution in [2.24, 2.45) is 0 Å². The quantitative estimate of drug-likeness (QED) is 0.822. The van der Waals surface area contributed by atoms with Gasteiger partial charge in [0.2, 0.25) is 5.91 Å². The third-order valence-corrected chi connectivity index (χ3v) is 5.51. The molecule has 0 aliphatic carbocycles. The molecule has 0 bridgehead atoms. The van der Waals surface area contributed by atoms with Gasteiger partial charge in [-0.25, -0.2) is 0 Å². The van der Waals surface area contributed by atoms with Gasteiger partial charge in [-0.1, -0.05) is 12.1 Å². The third-order valence-electron chi connectivity index (χ3n) is 5.51. The van der Waals surface area contributed by atoms with Crippen LogP contribution >= 0.6 is 0 Å². The van der Waals surface area contributed by atoms with E-state index in [-0.39, 0.29) is 18.4 Å². The highest BCUT2D eigenvalue weighted by Crippen LogP contribution is 2.33. The van der Waals surface area contributed by atoms with Crippen molar-refractivity contribution in [3.8, 4) is 11.5 Å². The molecule has 1 saturated heterocycles. The maximum absolute atomic E-state index is 13.0. The second-order valence-corrected chi connectivity index (χ2v) is 7.62. The molecule has 1 fully saturated rings. The number of hydrogen-bond donors (Lipinski definition) is 1. The molecular weight excluding hydrogens is 382 g/mol. The van der Waals surface area contributed by atoms with E-state index in [0.29, 0.717) is 18.0 Å². The lowest BCUT2D eigenvalue weighted by Gasteiger charge is -2.38. The van der Waals surface area contributed by atoms with E-state index in [1.807, 2.05) is 34.1 Å². The first-order valence-electron chi connectivity index (χ1n) is 10.4. The van der Waals surface area contributed by atoms with Gasteiger partial charge in [0.1, 0.15) is 11.5 Å². The van der Waals surface area contributed by atoms with Crippen LogP contribution in [0.3, 0.4) is 0 Å². The number of para-hydroxylation sites is 2. The standard InChI is InChI=1S/C23H27N3O4/c1-29-18-11-9-17(10-12-18)24-22(27)16-26-15-21(23(28)25-13-5-2-6-14-25)30-20-8-4-3-7-19(20)26/h3-4,7-12,21H,2,5-6,13-16H2,1H3,(H,24,27)/t21-/m0/s1. The van der Waals surface area contributed by atoms with E-state index in [0.717, 1.165) is 43.8 Å². The van der Waals surface area contributed by atoms with Gasteiger partial charge in [-0.05, 0) is 55.7 Å². The summed E-state index contributed by atoms with van der Waals surface area (Å²) in [6.45, 7) is 2.04. The van der Waals surface area contributed by atoms with Gasteiger partial charge in [0.15, 0.2) is 6.10 Å². The Morgan fingerprint density at radius 1 is 1.07 bits per heavy atom. The summed E-state index contributed by atoms with van der Waals surface area (Å²) in [5.41, 5.74) is 1.52. The Hall–Kier alpha value is -3.22. The predicted molar refractivity (Wildman–Crippen MR) is 115 cm³/mol. The number of piperidine rings is 1. The molecule has 30 heavy (non-hydrogen) atoms. The molecule has 1 atom stereocenters. The van der Waals surface area contributed by atoms with Gasteiger partial charge in [0.25, 0.3) is 5.91 Å². The topological polar surface area (TPSA) is 71.1 Å². The number of nitrogens with zero attached hydrogens (tertiary/aromatic N) is 2. The Kier molecular flexibility index (Phi) is 6.07. The van der Waals surface area contributed by atoms with Crippen molar-refractivity contribution in [2.45, 2.75) is 25.4 Å². The van der Waals surface area contributed by atoms with Crippen LogP contribution in [-0.2, 0) is 9.59 Å². The predicted octanol–water partition coefficient (Wildman–Crippen LogP) is 2.91. The van der Waals surface area contributed by atoms with Crippen molar-refractivity contribution >= 4 is 23.2 Å². The van der Waals surface area contributed by atoms with Crippen molar-refractivity contribution in [3.05, 3.63) is 48.5 Å². The maximum atomic E-state index is 13.0. The Bertz CT molecular complexity index is 894. The minimum atomic E-state index is -0.605. The molecule has 158 valence electrons. The zero-order valence-corrected chi connectivity index (χ0v) is 17.2. The van der Waals surface area contributed by atoms with E-state index < -0.39 is 6.10 Å². The third kappa shape index (κ3) is 4.50. The number of hydrogen-bond acceptors (Lipinski definition) is 5. The van der Waals surface area contributed by atoms with E-state index in [1.165, 1.54) is 0 Å². The van der Waals surface area contributed by atoms with Crippen LogP contribution in [0.5, 0.6) is 11.5 Å². The summed E-state index contributed by atoms with van der Waals surface area (Å²) in [6.07, 6.45) is 2.62. The van der Waals surface area contributed by atoms with Crippen LogP contribution < -0.4 is 19.7 Å². The van der Waals surface area contributed by atoms with Crippen LogP contribution in [0.15, 0.2) is 48.5 Å². The van der Waals surface area contributed by atoms with Crippen LogP contribution in [-0.4, -0.2) is 56.1 Å². The van der Waals surface area contributed by atoms with Crippen molar-refractivity contribution in [3.63, 3.8) is 0 Å². The minimum Gasteiger partial charge on any atom is -0.497 e. The lowest BCUT2D eigenvalue weighted by Crippen LogP contribution is -2.52. The number of carbonyl (C=O) groups is 2. The largest absolute Gasteiger partial charge is 0.497 e. The molecule has 7 heteroatoms. The smallest absolute Gasteiger partial charge is 0.265 e. The molecule has 1 N–H and O–H groups in total. The van der Waals surface area contributed by atoms with Crippen molar-refractivity contribution < 1.29 is 19.1 Å². The zero-order valence-electron chi connectivity index (χ0n) is 17.2. The van der Waals surface area contributed by atoms with Gasteiger partial charge in [-0.2, -0.15) is 0 Å². The van der Waals surface area contributed by atoms with Gasteiger partial charge in [-0.3, -0.25) is 9.59 Å². The maximum Gasteiger partial charge on any atom is 0.265 e. The number of methoxy groups -OCH3 is 1. The van der Waals surface area contributed by atoms with E-state index in [9.17, 15) is 9.59 Å². The number of likely N-dealkylation sites (tertiary alicyclic amines) is 1. The highest BCUT2D eigenvalue weighted by atomic mass is 16.5. The van der Waals surface area contributed by atoms with Crippen LogP contribution in [0.4, 0.5) is 11.4 Å². The number of anilines is 2. The van der Waals surface area contributed by atoms with E-state index in [1.54, 1.807) is 31.4 Å². The lowest BCUT2D eigenvalue weighted by molar-refractivity contribution is -0.139. The lowest BCUT2D eigenvalue weighted by atomic mass is 10.1. The van der Waals surface area contributed by atoms with Gasteiger partial charge < -0.3 is 24.6 Å². The number of nitrogens with one attached hydrogen (secondary N) is 1. The summed E-state index contributed by atoms with van der Waals surface area (Å²) in [5, 5.41) is 2.91. The number of fused-ring (bicyclic) bond motifs is 1. The van der Waals surface area contributed by atoms with Crippen LogP contribution in [0.2, 0.25) is 0 Å². The summed E-state index contributed by atoms with van der Waals surface area (Å²) < 4.78 is 11.2. The SMILES string of the molecule is COc1ccc(NC(=O)CN2C[C@@H](C(=O)N3CCCCC3)Oc3ccccc32)cc1. The molecule has 2 aliphatic heterocycles. The molecule has 0 spiro atoms. The van der Waals surface area contributed by atoms with Crippen molar-refractivity contribution in [2.75, 3.05) is 43.5 Å². The molecule has 2 aromatic carbocycles. The van der Waals surface area contributed by atoms with Gasteiger partial charge >= 0.3 is 0 Å². The summed E-state index contributed by atoms with van der Waals surface area (Å²) >= 11 is 0.